The normalized spacial score (nSPS) is 10.5. The molecule has 1 N–H and O–H groups in total. The van der Waals surface area contributed by atoms with Crippen LogP contribution in [-0.4, -0.2) is 33.5 Å². The summed E-state index contributed by atoms with van der Waals surface area (Å²) in [4.78, 5) is 0. The molecule has 0 aromatic heterocycles. The average molecular weight is 278 g/mol. The van der Waals surface area contributed by atoms with Crippen LogP contribution in [0, 0.1) is 0 Å². The third kappa shape index (κ3) is 6.13. The molecule has 0 atom stereocenters. The van der Waals surface area contributed by atoms with Crippen LogP contribution in [0.25, 0.3) is 0 Å². The van der Waals surface area contributed by atoms with Gasteiger partial charge in [0.25, 0.3) is 0 Å². The molecular formula is C12H17Cl2NO2. The molecule has 96 valence electrons. The number of anilines is 1. The van der Waals surface area contributed by atoms with E-state index in [1.54, 1.807) is 25.3 Å². The van der Waals surface area contributed by atoms with Crippen LogP contribution < -0.4 is 5.32 Å². The Morgan fingerprint density at radius 3 is 2.76 bits per heavy atom. The summed E-state index contributed by atoms with van der Waals surface area (Å²) < 4.78 is 10.3. The van der Waals surface area contributed by atoms with E-state index in [0.717, 1.165) is 18.7 Å². The molecular weight excluding hydrogens is 261 g/mol. The molecule has 0 heterocycles. The highest BCUT2D eigenvalue weighted by Crippen LogP contribution is 2.24. The van der Waals surface area contributed by atoms with Gasteiger partial charge in [0.15, 0.2) is 0 Å². The van der Waals surface area contributed by atoms with Crippen LogP contribution >= 0.6 is 23.2 Å². The van der Waals surface area contributed by atoms with Gasteiger partial charge in [0.05, 0.1) is 17.3 Å². The zero-order valence-corrected chi connectivity index (χ0v) is 11.4. The van der Waals surface area contributed by atoms with Gasteiger partial charge in [-0.2, -0.15) is 0 Å². The lowest BCUT2D eigenvalue weighted by Crippen LogP contribution is -2.11. The maximum absolute atomic E-state index is 6.00. The van der Waals surface area contributed by atoms with Gasteiger partial charge in [0.2, 0.25) is 0 Å². The number of rotatable bonds is 8. The Bertz CT molecular complexity index is 334. The monoisotopic (exact) mass is 277 g/mol. The number of hydrogen-bond acceptors (Lipinski definition) is 3. The fourth-order valence-electron chi connectivity index (χ4n) is 1.30. The number of hydrogen-bond donors (Lipinski definition) is 1. The second-order valence-corrected chi connectivity index (χ2v) is 4.35. The highest BCUT2D eigenvalue weighted by atomic mass is 35.5. The number of benzene rings is 1. The second kappa shape index (κ2) is 8.59. The standard InChI is InChI=1S/C12H17Cl2NO2/c1-16-6-2-7-17-8-5-15-12-9-10(13)3-4-11(12)14/h3-4,9,15H,2,5-8H2,1H3. The van der Waals surface area contributed by atoms with Gasteiger partial charge < -0.3 is 14.8 Å². The van der Waals surface area contributed by atoms with Gasteiger partial charge in [-0.25, -0.2) is 0 Å². The molecule has 0 saturated carbocycles. The molecule has 0 amide bonds. The van der Waals surface area contributed by atoms with Crippen LogP contribution in [0.3, 0.4) is 0 Å². The molecule has 0 aliphatic heterocycles. The SMILES string of the molecule is COCCCOCCNc1cc(Cl)ccc1Cl. The number of nitrogens with one attached hydrogen (secondary N) is 1. The summed E-state index contributed by atoms with van der Waals surface area (Å²) in [5, 5.41) is 4.50. The molecule has 5 heteroatoms. The van der Waals surface area contributed by atoms with Crippen LogP contribution in [0.15, 0.2) is 18.2 Å². The lowest BCUT2D eigenvalue weighted by atomic mass is 10.3. The first-order chi connectivity index (χ1) is 8.24. The van der Waals surface area contributed by atoms with Gasteiger partial charge in [0.1, 0.15) is 0 Å². The van der Waals surface area contributed by atoms with E-state index in [1.807, 2.05) is 0 Å². The number of halogens is 2. The lowest BCUT2D eigenvalue weighted by Gasteiger charge is -2.09. The minimum atomic E-state index is 0.632. The summed E-state index contributed by atoms with van der Waals surface area (Å²) >= 11 is 11.9. The zero-order chi connectivity index (χ0) is 12.5. The van der Waals surface area contributed by atoms with Crippen molar-refractivity contribution in [2.45, 2.75) is 6.42 Å². The van der Waals surface area contributed by atoms with E-state index in [9.17, 15) is 0 Å². The van der Waals surface area contributed by atoms with E-state index in [2.05, 4.69) is 5.32 Å². The van der Waals surface area contributed by atoms with Crippen molar-refractivity contribution in [1.29, 1.82) is 0 Å². The van der Waals surface area contributed by atoms with Gasteiger partial charge in [-0.1, -0.05) is 23.2 Å². The van der Waals surface area contributed by atoms with E-state index in [0.29, 0.717) is 29.8 Å². The summed E-state index contributed by atoms with van der Waals surface area (Å²) in [6.07, 6.45) is 0.911. The second-order valence-electron chi connectivity index (χ2n) is 3.51. The fourth-order valence-corrected chi connectivity index (χ4v) is 1.65. The van der Waals surface area contributed by atoms with Crippen molar-refractivity contribution in [3.8, 4) is 0 Å². The minimum absolute atomic E-state index is 0.632. The summed E-state index contributed by atoms with van der Waals surface area (Å²) in [6, 6.07) is 5.33. The Kier molecular flexibility index (Phi) is 7.37. The molecule has 1 rings (SSSR count). The van der Waals surface area contributed by atoms with E-state index < -0.39 is 0 Å². The number of ether oxygens (including phenoxy) is 2. The van der Waals surface area contributed by atoms with Gasteiger partial charge >= 0.3 is 0 Å². The molecule has 0 unspecified atom stereocenters. The van der Waals surface area contributed by atoms with Gasteiger partial charge in [-0.05, 0) is 24.6 Å². The maximum Gasteiger partial charge on any atom is 0.0639 e. The highest BCUT2D eigenvalue weighted by molar-refractivity contribution is 6.35. The zero-order valence-electron chi connectivity index (χ0n) is 9.84. The lowest BCUT2D eigenvalue weighted by molar-refractivity contribution is 0.109. The van der Waals surface area contributed by atoms with Crippen LogP contribution in [0.1, 0.15) is 6.42 Å². The Hall–Kier alpha value is -0.480. The molecule has 0 bridgehead atoms. The van der Waals surface area contributed by atoms with Crippen molar-refractivity contribution >= 4 is 28.9 Å². The van der Waals surface area contributed by atoms with E-state index in [-0.39, 0.29) is 0 Å². The van der Waals surface area contributed by atoms with E-state index in [4.69, 9.17) is 32.7 Å². The molecule has 0 aliphatic rings. The first-order valence-electron chi connectivity index (χ1n) is 5.49. The summed E-state index contributed by atoms with van der Waals surface area (Å²) in [5.41, 5.74) is 0.833. The van der Waals surface area contributed by atoms with Crippen molar-refractivity contribution in [2.75, 3.05) is 38.8 Å². The maximum atomic E-state index is 6.00. The molecule has 0 spiro atoms. The third-order valence-electron chi connectivity index (χ3n) is 2.13. The topological polar surface area (TPSA) is 30.5 Å². The molecule has 0 saturated heterocycles. The Morgan fingerprint density at radius 2 is 2.00 bits per heavy atom. The van der Waals surface area contributed by atoms with Gasteiger partial charge in [-0.3, -0.25) is 0 Å². The first kappa shape index (κ1) is 14.6. The van der Waals surface area contributed by atoms with Crippen molar-refractivity contribution in [2.24, 2.45) is 0 Å². The quantitative estimate of drug-likeness (QED) is 0.739. The largest absolute Gasteiger partial charge is 0.385 e. The molecule has 0 radical (unpaired) electrons. The Balaban J connectivity index is 2.15. The summed E-state index contributed by atoms with van der Waals surface area (Å²) in [5.74, 6) is 0. The fraction of sp³-hybridized carbons (Fsp3) is 0.500. The first-order valence-corrected chi connectivity index (χ1v) is 6.25. The molecule has 1 aromatic carbocycles. The van der Waals surface area contributed by atoms with Crippen molar-refractivity contribution in [1.82, 2.24) is 0 Å². The van der Waals surface area contributed by atoms with Crippen LogP contribution in [0.2, 0.25) is 10.0 Å². The van der Waals surface area contributed by atoms with E-state index >= 15 is 0 Å². The highest BCUT2D eigenvalue weighted by Gasteiger charge is 2.00. The smallest absolute Gasteiger partial charge is 0.0639 e. The number of methoxy groups -OCH3 is 1. The predicted molar refractivity (Wildman–Crippen MR) is 72.3 cm³/mol. The van der Waals surface area contributed by atoms with Crippen molar-refractivity contribution < 1.29 is 9.47 Å². The predicted octanol–water partition coefficient (Wildman–Crippen LogP) is 3.46. The Morgan fingerprint density at radius 1 is 1.18 bits per heavy atom. The Labute approximate surface area is 112 Å². The average Bonchev–Trinajstić information content (AvgIpc) is 2.32. The van der Waals surface area contributed by atoms with E-state index in [1.165, 1.54) is 0 Å². The van der Waals surface area contributed by atoms with Crippen molar-refractivity contribution in [3.05, 3.63) is 28.2 Å². The minimum Gasteiger partial charge on any atom is -0.385 e. The summed E-state index contributed by atoms with van der Waals surface area (Å²) in [7, 11) is 1.68. The van der Waals surface area contributed by atoms with Gasteiger partial charge in [0, 0.05) is 31.9 Å². The van der Waals surface area contributed by atoms with Crippen LogP contribution in [0.5, 0.6) is 0 Å². The van der Waals surface area contributed by atoms with Crippen LogP contribution in [-0.2, 0) is 9.47 Å². The summed E-state index contributed by atoms with van der Waals surface area (Å²) in [6.45, 7) is 2.77. The van der Waals surface area contributed by atoms with Crippen LogP contribution in [0.4, 0.5) is 5.69 Å². The molecule has 1 aromatic rings. The molecule has 3 nitrogen and oxygen atoms in total. The van der Waals surface area contributed by atoms with Gasteiger partial charge in [-0.15, -0.1) is 0 Å². The molecule has 0 fully saturated rings. The van der Waals surface area contributed by atoms with Crippen molar-refractivity contribution in [3.63, 3.8) is 0 Å². The molecule has 0 aliphatic carbocycles. The third-order valence-corrected chi connectivity index (χ3v) is 2.69. The molecule has 17 heavy (non-hydrogen) atoms.